The van der Waals surface area contributed by atoms with Crippen LogP contribution in [0.2, 0.25) is 0 Å². The molecular weight excluding hydrogens is 522 g/mol. The third kappa shape index (κ3) is 6.56. The molecule has 0 aromatic heterocycles. The van der Waals surface area contributed by atoms with Crippen molar-refractivity contribution >= 4 is 39.9 Å². The average Bonchev–Trinajstić information content (AvgIpc) is 3.09. The topological polar surface area (TPSA) is 23.5 Å². The van der Waals surface area contributed by atoms with Crippen LogP contribution in [0.3, 0.4) is 0 Å². The zero-order valence-corrected chi connectivity index (χ0v) is 23.9. The summed E-state index contributed by atoms with van der Waals surface area (Å²) in [5, 5.41) is 12.0. The molecule has 0 atom stereocenters. The number of hydrogen-bond acceptors (Lipinski definition) is 2. The van der Waals surface area contributed by atoms with E-state index in [0.717, 1.165) is 44.6 Å². The number of nitrogens with zero attached hydrogens (tertiary/aromatic N) is 1. The van der Waals surface area contributed by atoms with Gasteiger partial charge in [0.25, 0.3) is 0 Å². The third-order valence-electron chi connectivity index (χ3n) is 7.49. The molecule has 2 heteroatoms. The van der Waals surface area contributed by atoms with E-state index in [0.29, 0.717) is 0 Å². The van der Waals surface area contributed by atoms with E-state index < -0.39 is 0 Å². The van der Waals surface area contributed by atoms with E-state index in [-0.39, 0.29) is 6.61 Å². The van der Waals surface area contributed by atoms with Crippen molar-refractivity contribution in [3.05, 3.63) is 198 Å². The minimum absolute atomic E-state index is 0.0120. The normalized spacial score (nSPS) is 11.3. The van der Waals surface area contributed by atoms with Gasteiger partial charge in [-0.2, -0.15) is 0 Å². The van der Waals surface area contributed by atoms with Gasteiger partial charge in [0.15, 0.2) is 0 Å². The SMILES string of the molecule is OCc1ccc(N(C=C(c2ccccc2)c2ccccc2)c2ccc(C=CC=Cc3ccccc3)c3ccccc23)cc1. The highest BCUT2D eigenvalue weighted by Gasteiger charge is 2.15. The van der Waals surface area contributed by atoms with Gasteiger partial charge in [-0.15, -0.1) is 0 Å². The van der Waals surface area contributed by atoms with Gasteiger partial charge in [-0.3, -0.25) is 0 Å². The molecule has 0 fully saturated rings. The van der Waals surface area contributed by atoms with Crippen LogP contribution in [0, 0.1) is 0 Å². The Balaban J connectivity index is 1.49. The maximum absolute atomic E-state index is 9.72. The van der Waals surface area contributed by atoms with E-state index >= 15 is 0 Å². The van der Waals surface area contributed by atoms with Crippen LogP contribution in [-0.4, -0.2) is 5.11 Å². The van der Waals surface area contributed by atoms with Gasteiger partial charge in [0.05, 0.1) is 12.3 Å². The van der Waals surface area contributed by atoms with Gasteiger partial charge < -0.3 is 10.0 Å². The first kappa shape index (κ1) is 27.7. The van der Waals surface area contributed by atoms with E-state index in [1.165, 1.54) is 10.9 Å². The molecule has 208 valence electrons. The molecule has 0 bridgehead atoms. The van der Waals surface area contributed by atoms with Crippen molar-refractivity contribution in [1.29, 1.82) is 0 Å². The van der Waals surface area contributed by atoms with Crippen LogP contribution in [0.15, 0.2) is 170 Å². The summed E-state index contributed by atoms with van der Waals surface area (Å²) in [5.74, 6) is 0. The predicted octanol–water partition coefficient (Wildman–Crippen LogP) is 10.3. The largest absolute Gasteiger partial charge is 0.392 e. The van der Waals surface area contributed by atoms with Crippen molar-refractivity contribution in [1.82, 2.24) is 0 Å². The Kier molecular flexibility index (Phi) is 8.69. The molecule has 0 unspecified atom stereocenters. The van der Waals surface area contributed by atoms with Gasteiger partial charge in [-0.25, -0.2) is 0 Å². The van der Waals surface area contributed by atoms with Crippen LogP contribution in [0.1, 0.15) is 27.8 Å². The number of allylic oxidation sites excluding steroid dienone is 2. The van der Waals surface area contributed by atoms with Crippen molar-refractivity contribution in [2.24, 2.45) is 0 Å². The molecule has 0 aliphatic carbocycles. The summed E-state index contributed by atoms with van der Waals surface area (Å²) in [4.78, 5) is 2.27. The van der Waals surface area contributed by atoms with Gasteiger partial charge in [0.2, 0.25) is 0 Å². The Hall–Kier alpha value is -5.44. The maximum atomic E-state index is 9.72. The van der Waals surface area contributed by atoms with Crippen LogP contribution in [-0.2, 0) is 6.61 Å². The molecule has 0 aliphatic heterocycles. The van der Waals surface area contributed by atoms with Gasteiger partial charge in [-0.1, -0.05) is 158 Å². The lowest BCUT2D eigenvalue weighted by atomic mass is 9.97. The number of aliphatic hydroxyl groups is 1. The fraction of sp³-hybridized carbons (Fsp3) is 0.0244. The molecule has 1 N–H and O–H groups in total. The van der Waals surface area contributed by atoms with Gasteiger partial charge in [0, 0.05) is 22.8 Å². The third-order valence-corrected chi connectivity index (χ3v) is 7.49. The fourth-order valence-electron chi connectivity index (χ4n) is 5.28. The van der Waals surface area contributed by atoms with E-state index in [1.54, 1.807) is 0 Å². The molecule has 0 radical (unpaired) electrons. The first-order chi connectivity index (χ1) is 21.3. The fourth-order valence-corrected chi connectivity index (χ4v) is 5.28. The Morgan fingerprint density at radius 2 is 1.09 bits per heavy atom. The zero-order valence-electron chi connectivity index (χ0n) is 23.9. The first-order valence-corrected chi connectivity index (χ1v) is 14.5. The predicted molar refractivity (Wildman–Crippen MR) is 183 cm³/mol. The Bertz CT molecular complexity index is 1830. The van der Waals surface area contributed by atoms with E-state index in [4.69, 9.17) is 0 Å². The van der Waals surface area contributed by atoms with Crippen molar-refractivity contribution in [2.45, 2.75) is 6.61 Å². The molecule has 0 saturated carbocycles. The minimum Gasteiger partial charge on any atom is -0.392 e. The van der Waals surface area contributed by atoms with Crippen LogP contribution < -0.4 is 4.90 Å². The van der Waals surface area contributed by atoms with Gasteiger partial charge in [-0.05, 0) is 51.4 Å². The number of benzene rings is 6. The number of fused-ring (bicyclic) bond motifs is 1. The van der Waals surface area contributed by atoms with Crippen LogP contribution >= 0.6 is 0 Å². The summed E-state index contributed by atoms with van der Waals surface area (Å²) >= 11 is 0. The summed E-state index contributed by atoms with van der Waals surface area (Å²) < 4.78 is 0. The monoisotopic (exact) mass is 555 g/mol. The van der Waals surface area contributed by atoms with E-state index in [1.807, 2.05) is 42.5 Å². The highest BCUT2D eigenvalue weighted by atomic mass is 16.3. The number of aliphatic hydroxyl groups excluding tert-OH is 1. The second-order valence-electron chi connectivity index (χ2n) is 10.3. The van der Waals surface area contributed by atoms with Crippen molar-refractivity contribution < 1.29 is 5.11 Å². The van der Waals surface area contributed by atoms with E-state index in [9.17, 15) is 5.11 Å². The van der Waals surface area contributed by atoms with Gasteiger partial charge in [0.1, 0.15) is 0 Å². The summed E-state index contributed by atoms with van der Waals surface area (Å²) in [6.45, 7) is 0.0120. The molecule has 6 rings (SSSR count). The Labute approximate surface area is 253 Å². The number of rotatable bonds is 9. The van der Waals surface area contributed by atoms with E-state index in [2.05, 4.69) is 145 Å². The average molecular weight is 556 g/mol. The summed E-state index contributed by atoms with van der Waals surface area (Å²) in [6, 6.07) is 52.4. The van der Waals surface area contributed by atoms with Crippen molar-refractivity contribution in [2.75, 3.05) is 4.90 Å². The second kappa shape index (κ2) is 13.5. The summed E-state index contributed by atoms with van der Waals surface area (Å²) in [5.41, 5.74) is 8.70. The molecule has 0 saturated heterocycles. The molecule has 0 amide bonds. The van der Waals surface area contributed by atoms with Crippen LogP contribution in [0.4, 0.5) is 11.4 Å². The second-order valence-corrected chi connectivity index (χ2v) is 10.3. The zero-order chi connectivity index (χ0) is 29.3. The standard InChI is InChI=1S/C41H33NO/c43-31-33-24-27-37(28-25-33)42(30-40(34-17-6-2-7-18-34)35-19-8-3-9-20-35)41-29-26-36(38-22-12-13-23-39(38)41)21-11-10-16-32-14-4-1-5-15-32/h1-30,43H,31H2. The summed E-state index contributed by atoms with van der Waals surface area (Å²) in [6.07, 6.45) is 10.7. The Morgan fingerprint density at radius 3 is 1.72 bits per heavy atom. The quantitative estimate of drug-likeness (QED) is 0.179. The first-order valence-electron chi connectivity index (χ1n) is 14.5. The maximum Gasteiger partial charge on any atom is 0.0681 e. The van der Waals surface area contributed by atoms with Crippen molar-refractivity contribution in [3.8, 4) is 0 Å². The van der Waals surface area contributed by atoms with Gasteiger partial charge >= 0.3 is 0 Å². The Morgan fingerprint density at radius 1 is 0.535 bits per heavy atom. The molecule has 6 aromatic rings. The lowest BCUT2D eigenvalue weighted by Gasteiger charge is -2.25. The lowest BCUT2D eigenvalue weighted by Crippen LogP contribution is -2.11. The highest BCUT2D eigenvalue weighted by Crippen LogP contribution is 2.37. The number of anilines is 2. The summed E-state index contributed by atoms with van der Waals surface area (Å²) in [7, 11) is 0. The molecule has 43 heavy (non-hydrogen) atoms. The molecular formula is C41H33NO. The lowest BCUT2D eigenvalue weighted by molar-refractivity contribution is 0.282. The highest BCUT2D eigenvalue weighted by molar-refractivity contribution is 6.02. The van der Waals surface area contributed by atoms with Crippen LogP contribution in [0.25, 0.3) is 28.5 Å². The molecule has 0 spiro atoms. The smallest absolute Gasteiger partial charge is 0.0681 e. The molecule has 6 aromatic carbocycles. The van der Waals surface area contributed by atoms with Crippen molar-refractivity contribution in [3.63, 3.8) is 0 Å². The number of hydrogen-bond donors (Lipinski definition) is 1. The molecule has 2 nitrogen and oxygen atoms in total. The molecule has 0 aliphatic rings. The molecule has 0 heterocycles. The minimum atomic E-state index is 0.0120. The van der Waals surface area contributed by atoms with Crippen LogP contribution in [0.5, 0.6) is 0 Å².